The molecule has 4 nitrogen and oxygen atoms in total. The Labute approximate surface area is 99.8 Å². The molecule has 1 aliphatic heterocycles. The number of ether oxygens (including phenoxy) is 1. The third-order valence-corrected chi connectivity index (χ3v) is 3.42. The van der Waals surface area contributed by atoms with Crippen molar-refractivity contribution in [1.29, 1.82) is 0 Å². The Morgan fingerprint density at radius 2 is 2.06 bits per heavy atom. The molecule has 1 aromatic carbocycles. The maximum absolute atomic E-state index is 10.5. The molecular weight excluding hydrogens is 216 g/mol. The minimum atomic E-state index is -0.651. The fourth-order valence-electron chi connectivity index (χ4n) is 2.36. The number of aromatic nitrogens is 2. The van der Waals surface area contributed by atoms with E-state index in [1.807, 2.05) is 28.8 Å². The summed E-state index contributed by atoms with van der Waals surface area (Å²) in [5.41, 5.74) is 1.40. The lowest BCUT2D eigenvalue weighted by atomic mass is 9.94. The van der Waals surface area contributed by atoms with Gasteiger partial charge in [0, 0.05) is 26.1 Å². The molecule has 1 aromatic heterocycles. The number of para-hydroxylation sites is 2. The SMILES string of the molecule is OC1(Cn2cnc3ccccc32)CCOCC1. The van der Waals surface area contributed by atoms with Gasteiger partial charge >= 0.3 is 0 Å². The number of imidazole rings is 1. The second kappa shape index (κ2) is 4.13. The molecule has 1 aliphatic rings. The molecule has 0 unspecified atom stereocenters. The normalized spacial score (nSPS) is 19.6. The Kier molecular flexibility index (Phi) is 2.61. The van der Waals surface area contributed by atoms with Crippen molar-refractivity contribution in [3.05, 3.63) is 30.6 Å². The summed E-state index contributed by atoms with van der Waals surface area (Å²) >= 11 is 0. The van der Waals surface area contributed by atoms with Gasteiger partial charge in [0.1, 0.15) is 0 Å². The molecule has 0 radical (unpaired) electrons. The summed E-state index contributed by atoms with van der Waals surface area (Å²) in [4.78, 5) is 4.34. The van der Waals surface area contributed by atoms with Crippen LogP contribution in [0.3, 0.4) is 0 Å². The van der Waals surface area contributed by atoms with Crippen molar-refractivity contribution in [1.82, 2.24) is 9.55 Å². The Balaban J connectivity index is 1.89. The summed E-state index contributed by atoms with van der Waals surface area (Å²) in [5, 5.41) is 10.5. The highest BCUT2D eigenvalue weighted by Crippen LogP contribution is 2.24. The predicted octanol–water partition coefficient (Wildman–Crippen LogP) is 1.58. The van der Waals surface area contributed by atoms with E-state index in [1.165, 1.54) is 0 Å². The van der Waals surface area contributed by atoms with Gasteiger partial charge in [0.25, 0.3) is 0 Å². The molecule has 2 heterocycles. The molecule has 0 aliphatic carbocycles. The Morgan fingerprint density at radius 3 is 2.88 bits per heavy atom. The first-order valence-corrected chi connectivity index (χ1v) is 5.97. The Hall–Kier alpha value is -1.39. The summed E-state index contributed by atoms with van der Waals surface area (Å²) in [5.74, 6) is 0. The second-order valence-electron chi connectivity index (χ2n) is 4.70. The van der Waals surface area contributed by atoms with Crippen molar-refractivity contribution in [2.45, 2.75) is 25.0 Å². The fraction of sp³-hybridized carbons (Fsp3) is 0.462. The zero-order valence-electron chi connectivity index (χ0n) is 9.67. The van der Waals surface area contributed by atoms with E-state index in [-0.39, 0.29) is 0 Å². The number of nitrogens with zero attached hydrogens (tertiary/aromatic N) is 2. The highest BCUT2D eigenvalue weighted by Gasteiger charge is 2.30. The van der Waals surface area contributed by atoms with Crippen LogP contribution in [0.15, 0.2) is 30.6 Å². The van der Waals surface area contributed by atoms with E-state index in [0.717, 1.165) is 11.0 Å². The van der Waals surface area contributed by atoms with E-state index in [1.54, 1.807) is 6.33 Å². The highest BCUT2D eigenvalue weighted by atomic mass is 16.5. The van der Waals surface area contributed by atoms with Crippen LogP contribution in [-0.2, 0) is 11.3 Å². The average Bonchev–Trinajstić information content (AvgIpc) is 2.73. The van der Waals surface area contributed by atoms with Gasteiger partial charge in [-0.15, -0.1) is 0 Å². The third-order valence-electron chi connectivity index (χ3n) is 3.42. The molecule has 1 saturated heterocycles. The first kappa shape index (κ1) is 10.7. The minimum Gasteiger partial charge on any atom is -0.388 e. The van der Waals surface area contributed by atoms with Crippen LogP contribution in [-0.4, -0.2) is 33.5 Å². The first-order valence-electron chi connectivity index (χ1n) is 5.97. The lowest BCUT2D eigenvalue weighted by Gasteiger charge is -2.32. The summed E-state index contributed by atoms with van der Waals surface area (Å²) in [6, 6.07) is 7.99. The molecule has 0 atom stereocenters. The molecule has 17 heavy (non-hydrogen) atoms. The van der Waals surface area contributed by atoms with Crippen molar-refractivity contribution < 1.29 is 9.84 Å². The van der Waals surface area contributed by atoms with E-state index in [4.69, 9.17) is 4.74 Å². The van der Waals surface area contributed by atoms with Crippen LogP contribution in [0, 0.1) is 0 Å². The van der Waals surface area contributed by atoms with Gasteiger partial charge in [-0.05, 0) is 12.1 Å². The van der Waals surface area contributed by atoms with Gasteiger partial charge in [0.2, 0.25) is 0 Å². The molecule has 1 fully saturated rings. The lowest BCUT2D eigenvalue weighted by Crippen LogP contribution is -2.39. The quantitative estimate of drug-likeness (QED) is 0.855. The molecule has 90 valence electrons. The van der Waals surface area contributed by atoms with Crippen molar-refractivity contribution in [3.63, 3.8) is 0 Å². The maximum Gasteiger partial charge on any atom is 0.0959 e. The van der Waals surface area contributed by atoms with Gasteiger partial charge in [-0.3, -0.25) is 0 Å². The highest BCUT2D eigenvalue weighted by molar-refractivity contribution is 5.74. The van der Waals surface area contributed by atoms with Crippen LogP contribution in [0.25, 0.3) is 11.0 Å². The van der Waals surface area contributed by atoms with E-state index in [0.29, 0.717) is 32.6 Å². The van der Waals surface area contributed by atoms with E-state index < -0.39 is 5.60 Å². The number of aliphatic hydroxyl groups is 1. The van der Waals surface area contributed by atoms with Crippen LogP contribution >= 0.6 is 0 Å². The van der Waals surface area contributed by atoms with Crippen LogP contribution in [0.5, 0.6) is 0 Å². The van der Waals surface area contributed by atoms with Crippen molar-refractivity contribution in [2.75, 3.05) is 13.2 Å². The maximum atomic E-state index is 10.5. The van der Waals surface area contributed by atoms with Crippen LogP contribution < -0.4 is 0 Å². The third kappa shape index (κ3) is 2.06. The standard InChI is InChI=1S/C13H16N2O2/c16-13(5-7-17-8-6-13)9-15-10-14-11-3-1-2-4-12(11)15/h1-4,10,16H,5-9H2. The Bertz CT molecular complexity index is 515. The monoisotopic (exact) mass is 232 g/mol. The summed E-state index contributed by atoms with van der Waals surface area (Å²) in [6.45, 7) is 1.88. The molecule has 0 amide bonds. The number of fused-ring (bicyclic) bond motifs is 1. The van der Waals surface area contributed by atoms with Crippen LogP contribution in [0.2, 0.25) is 0 Å². The lowest BCUT2D eigenvalue weighted by molar-refractivity contribution is -0.0722. The van der Waals surface area contributed by atoms with Gasteiger partial charge in [-0.1, -0.05) is 12.1 Å². The average molecular weight is 232 g/mol. The molecular formula is C13H16N2O2. The van der Waals surface area contributed by atoms with Crippen molar-refractivity contribution in [2.24, 2.45) is 0 Å². The zero-order chi connectivity index (χ0) is 11.7. The molecule has 0 spiro atoms. The zero-order valence-corrected chi connectivity index (χ0v) is 9.67. The molecule has 3 rings (SSSR count). The van der Waals surface area contributed by atoms with Gasteiger partial charge in [0.15, 0.2) is 0 Å². The number of hydrogen-bond donors (Lipinski definition) is 1. The molecule has 0 saturated carbocycles. The molecule has 2 aromatic rings. The number of hydrogen-bond acceptors (Lipinski definition) is 3. The van der Waals surface area contributed by atoms with Gasteiger partial charge < -0.3 is 14.4 Å². The van der Waals surface area contributed by atoms with Gasteiger partial charge in [-0.25, -0.2) is 4.98 Å². The topological polar surface area (TPSA) is 47.3 Å². The molecule has 0 bridgehead atoms. The number of benzene rings is 1. The second-order valence-corrected chi connectivity index (χ2v) is 4.70. The van der Waals surface area contributed by atoms with Crippen molar-refractivity contribution in [3.8, 4) is 0 Å². The van der Waals surface area contributed by atoms with Crippen molar-refractivity contribution >= 4 is 11.0 Å². The smallest absolute Gasteiger partial charge is 0.0959 e. The predicted molar refractivity (Wildman–Crippen MR) is 64.7 cm³/mol. The van der Waals surface area contributed by atoms with E-state index in [2.05, 4.69) is 4.98 Å². The number of rotatable bonds is 2. The van der Waals surface area contributed by atoms with E-state index in [9.17, 15) is 5.11 Å². The van der Waals surface area contributed by atoms with E-state index >= 15 is 0 Å². The van der Waals surface area contributed by atoms with Crippen LogP contribution in [0.4, 0.5) is 0 Å². The molecule has 1 N–H and O–H groups in total. The molecule has 4 heteroatoms. The Morgan fingerprint density at radius 1 is 1.29 bits per heavy atom. The minimum absolute atomic E-state index is 0.594. The summed E-state index contributed by atoms with van der Waals surface area (Å²) in [7, 11) is 0. The summed E-state index contributed by atoms with van der Waals surface area (Å²) in [6.07, 6.45) is 3.19. The largest absolute Gasteiger partial charge is 0.388 e. The summed E-state index contributed by atoms with van der Waals surface area (Å²) < 4.78 is 7.32. The fourth-order valence-corrected chi connectivity index (χ4v) is 2.36. The van der Waals surface area contributed by atoms with Gasteiger partial charge in [0.05, 0.1) is 29.5 Å². The van der Waals surface area contributed by atoms with Gasteiger partial charge in [-0.2, -0.15) is 0 Å². The first-order chi connectivity index (χ1) is 8.27. The van der Waals surface area contributed by atoms with Crippen LogP contribution in [0.1, 0.15) is 12.8 Å².